The molecule has 6 rings (SSSR count). The standard InChI is InChI=1S/C31H37N3O5S/c1-21-9-10-25-24(13-21)26(34-17-23(31(18-34)19-38-20-31)14-29(35)39-30(2,3)4)15-28(32-25)33-11-12-40(36,37)27-8-6-5-7-22(27)16-33/h5-10,13,15,23H,11-12,14,16-20H2,1-4H3. The van der Waals surface area contributed by atoms with Crippen molar-refractivity contribution in [1.82, 2.24) is 4.98 Å². The van der Waals surface area contributed by atoms with Crippen molar-refractivity contribution in [3.63, 3.8) is 0 Å². The molecule has 40 heavy (non-hydrogen) atoms. The van der Waals surface area contributed by atoms with Crippen molar-refractivity contribution < 1.29 is 22.7 Å². The molecule has 0 amide bonds. The molecule has 4 heterocycles. The minimum absolute atomic E-state index is 0.0368. The summed E-state index contributed by atoms with van der Waals surface area (Å²) in [6.45, 7) is 11.4. The number of sulfone groups is 1. The van der Waals surface area contributed by atoms with Gasteiger partial charge in [0.15, 0.2) is 9.84 Å². The van der Waals surface area contributed by atoms with E-state index in [0.29, 0.717) is 44.2 Å². The number of carbonyl (C=O) groups excluding carboxylic acids is 1. The molecule has 1 unspecified atom stereocenters. The minimum Gasteiger partial charge on any atom is -0.460 e. The van der Waals surface area contributed by atoms with Gasteiger partial charge in [-0.05, 0) is 57.4 Å². The van der Waals surface area contributed by atoms with Gasteiger partial charge in [-0.1, -0.05) is 29.8 Å². The molecule has 3 aliphatic rings. The molecule has 1 atom stereocenters. The molecule has 8 nitrogen and oxygen atoms in total. The van der Waals surface area contributed by atoms with Crippen LogP contribution in [0.2, 0.25) is 0 Å². The van der Waals surface area contributed by atoms with Crippen LogP contribution in [0.4, 0.5) is 11.5 Å². The monoisotopic (exact) mass is 563 g/mol. The molecule has 0 aliphatic carbocycles. The number of ether oxygens (including phenoxy) is 2. The van der Waals surface area contributed by atoms with E-state index in [9.17, 15) is 13.2 Å². The van der Waals surface area contributed by atoms with Crippen molar-refractivity contribution in [2.45, 2.75) is 51.2 Å². The molecular weight excluding hydrogens is 526 g/mol. The minimum atomic E-state index is -3.37. The average Bonchev–Trinajstić information content (AvgIpc) is 3.18. The third kappa shape index (κ3) is 5.05. The molecule has 2 saturated heterocycles. The summed E-state index contributed by atoms with van der Waals surface area (Å²) >= 11 is 0. The van der Waals surface area contributed by atoms with Gasteiger partial charge in [0.25, 0.3) is 0 Å². The maximum Gasteiger partial charge on any atom is 0.306 e. The molecule has 1 spiro atoms. The van der Waals surface area contributed by atoms with E-state index >= 15 is 0 Å². The Kier molecular flexibility index (Phi) is 6.57. The van der Waals surface area contributed by atoms with E-state index < -0.39 is 15.4 Å². The van der Waals surface area contributed by atoms with Gasteiger partial charge in [0, 0.05) is 48.7 Å². The molecule has 2 aromatic carbocycles. The topological polar surface area (TPSA) is 89.0 Å². The number of rotatable bonds is 4. The van der Waals surface area contributed by atoms with Crippen LogP contribution in [0.3, 0.4) is 0 Å². The van der Waals surface area contributed by atoms with Crippen LogP contribution in [0, 0.1) is 18.3 Å². The lowest BCUT2D eigenvalue weighted by Gasteiger charge is -2.42. The Morgan fingerprint density at radius 2 is 1.90 bits per heavy atom. The highest BCUT2D eigenvalue weighted by Crippen LogP contribution is 2.47. The van der Waals surface area contributed by atoms with Crippen molar-refractivity contribution in [3.8, 4) is 0 Å². The zero-order valence-corrected chi connectivity index (χ0v) is 24.5. The van der Waals surface area contributed by atoms with Crippen molar-refractivity contribution in [2.24, 2.45) is 11.3 Å². The van der Waals surface area contributed by atoms with Gasteiger partial charge in [-0.3, -0.25) is 4.79 Å². The molecular formula is C31H37N3O5S. The van der Waals surface area contributed by atoms with Crippen molar-refractivity contribution in [3.05, 3.63) is 59.7 Å². The van der Waals surface area contributed by atoms with Crippen LogP contribution in [0.5, 0.6) is 0 Å². The number of hydrogen-bond acceptors (Lipinski definition) is 8. The van der Waals surface area contributed by atoms with Crippen LogP contribution in [0.15, 0.2) is 53.4 Å². The third-order valence-corrected chi connectivity index (χ3v) is 10.1. The number of aryl methyl sites for hydroxylation is 1. The van der Waals surface area contributed by atoms with Crippen molar-refractivity contribution >= 4 is 38.2 Å². The highest BCUT2D eigenvalue weighted by atomic mass is 32.2. The summed E-state index contributed by atoms with van der Waals surface area (Å²) in [4.78, 5) is 22.7. The first-order chi connectivity index (χ1) is 18.9. The number of hydrogen-bond donors (Lipinski definition) is 0. The molecule has 0 saturated carbocycles. The summed E-state index contributed by atoms with van der Waals surface area (Å²) in [6.07, 6.45) is 0.354. The summed E-state index contributed by atoms with van der Waals surface area (Å²) in [5, 5.41) is 1.06. The summed E-state index contributed by atoms with van der Waals surface area (Å²) in [5.41, 5.74) is 3.24. The Bertz CT molecular complexity index is 1580. The fourth-order valence-electron chi connectivity index (χ4n) is 6.26. The second-order valence-electron chi connectivity index (χ2n) is 12.6. The second-order valence-corrected chi connectivity index (χ2v) is 14.7. The van der Waals surface area contributed by atoms with Crippen LogP contribution >= 0.6 is 0 Å². The predicted molar refractivity (Wildman–Crippen MR) is 155 cm³/mol. The number of esters is 1. The fourth-order valence-corrected chi connectivity index (χ4v) is 7.76. The van der Waals surface area contributed by atoms with Gasteiger partial charge in [-0.25, -0.2) is 13.4 Å². The van der Waals surface area contributed by atoms with E-state index in [1.807, 2.05) is 39.0 Å². The summed E-state index contributed by atoms with van der Waals surface area (Å²) in [5.74, 6) is 0.733. The maximum atomic E-state index is 13.0. The lowest BCUT2D eigenvalue weighted by molar-refractivity contribution is -0.163. The lowest BCUT2D eigenvalue weighted by atomic mass is 9.75. The van der Waals surface area contributed by atoms with E-state index in [2.05, 4.69) is 34.9 Å². The number of benzene rings is 2. The summed E-state index contributed by atoms with van der Waals surface area (Å²) in [7, 11) is -3.37. The molecule has 9 heteroatoms. The van der Waals surface area contributed by atoms with E-state index in [4.69, 9.17) is 14.5 Å². The number of aromatic nitrogens is 1. The zero-order chi connectivity index (χ0) is 28.3. The molecule has 0 bridgehead atoms. The molecule has 0 N–H and O–H groups in total. The van der Waals surface area contributed by atoms with Crippen LogP contribution in [-0.2, 0) is 30.7 Å². The van der Waals surface area contributed by atoms with E-state index in [0.717, 1.165) is 40.1 Å². The largest absolute Gasteiger partial charge is 0.460 e. The van der Waals surface area contributed by atoms with Crippen molar-refractivity contribution in [1.29, 1.82) is 0 Å². The van der Waals surface area contributed by atoms with Gasteiger partial charge < -0.3 is 19.3 Å². The normalized spacial score (nSPS) is 21.6. The molecule has 2 fully saturated rings. The molecule has 3 aromatic rings. The van der Waals surface area contributed by atoms with Crippen LogP contribution < -0.4 is 9.80 Å². The number of anilines is 2. The smallest absolute Gasteiger partial charge is 0.306 e. The first kappa shape index (κ1) is 27.0. The quantitative estimate of drug-likeness (QED) is 0.428. The SMILES string of the molecule is Cc1ccc2nc(N3CCS(=O)(=O)c4ccccc4C3)cc(N3CC(CC(=O)OC(C)(C)C)C4(COC4)C3)c2c1. The Labute approximate surface area is 236 Å². The fraction of sp³-hybridized carbons (Fsp3) is 0.484. The van der Waals surface area contributed by atoms with Crippen LogP contribution in [0.1, 0.15) is 38.3 Å². The predicted octanol–water partition coefficient (Wildman–Crippen LogP) is 4.52. The molecule has 212 valence electrons. The number of carbonyl (C=O) groups is 1. The van der Waals surface area contributed by atoms with E-state index in [-0.39, 0.29) is 23.1 Å². The third-order valence-electron chi connectivity index (χ3n) is 8.32. The zero-order valence-electron chi connectivity index (χ0n) is 23.6. The van der Waals surface area contributed by atoms with Gasteiger partial charge in [0.1, 0.15) is 11.4 Å². The lowest BCUT2D eigenvalue weighted by Crippen LogP contribution is -2.49. The average molecular weight is 564 g/mol. The van der Waals surface area contributed by atoms with Gasteiger partial charge in [0.2, 0.25) is 0 Å². The first-order valence-corrected chi connectivity index (χ1v) is 15.6. The van der Waals surface area contributed by atoms with Gasteiger partial charge in [-0.15, -0.1) is 0 Å². The Morgan fingerprint density at radius 1 is 1.12 bits per heavy atom. The summed E-state index contributed by atoms with van der Waals surface area (Å²) < 4.78 is 37.4. The molecule has 0 radical (unpaired) electrons. The Morgan fingerprint density at radius 3 is 2.62 bits per heavy atom. The van der Waals surface area contributed by atoms with Gasteiger partial charge in [0.05, 0.1) is 35.8 Å². The Balaban J connectivity index is 1.37. The van der Waals surface area contributed by atoms with Crippen molar-refractivity contribution in [2.75, 3.05) is 48.4 Å². The van der Waals surface area contributed by atoms with Gasteiger partial charge in [-0.2, -0.15) is 0 Å². The summed E-state index contributed by atoms with van der Waals surface area (Å²) in [6, 6.07) is 15.6. The number of pyridine rings is 1. The number of fused-ring (bicyclic) bond motifs is 2. The highest BCUT2D eigenvalue weighted by Gasteiger charge is 2.53. The van der Waals surface area contributed by atoms with Crippen LogP contribution in [-0.4, -0.2) is 63.6 Å². The second kappa shape index (κ2) is 9.73. The molecule has 3 aliphatic heterocycles. The maximum absolute atomic E-state index is 13.0. The Hall–Kier alpha value is -3.17. The van der Waals surface area contributed by atoms with E-state index in [1.165, 1.54) is 0 Å². The first-order valence-electron chi connectivity index (χ1n) is 13.9. The van der Waals surface area contributed by atoms with Crippen LogP contribution in [0.25, 0.3) is 10.9 Å². The van der Waals surface area contributed by atoms with E-state index in [1.54, 1.807) is 12.1 Å². The highest BCUT2D eigenvalue weighted by molar-refractivity contribution is 7.91. The van der Waals surface area contributed by atoms with Gasteiger partial charge >= 0.3 is 5.97 Å². The molecule has 1 aromatic heterocycles. The number of nitrogens with zero attached hydrogens (tertiary/aromatic N) is 3.